The summed E-state index contributed by atoms with van der Waals surface area (Å²) in [5, 5.41) is 0. The molecule has 0 amide bonds. The summed E-state index contributed by atoms with van der Waals surface area (Å²) in [6.07, 6.45) is 0. The van der Waals surface area contributed by atoms with Crippen LogP contribution in [0.15, 0.2) is 36.4 Å². The van der Waals surface area contributed by atoms with Gasteiger partial charge < -0.3 is 10.5 Å². The highest BCUT2D eigenvalue weighted by atomic mass is 19.1. The Balaban J connectivity index is 2.10. The largest absolute Gasteiger partial charge is 0.489 e. The summed E-state index contributed by atoms with van der Waals surface area (Å²) in [7, 11) is 0. The Kier molecular flexibility index (Phi) is 3.51. The van der Waals surface area contributed by atoms with Crippen molar-refractivity contribution >= 4 is 5.69 Å². The minimum atomic E-state index is -0.241. The van der Waals surface area contributed by atoms with Gasteiger partial charge in [-0.2, -0.15) is 0 Å². The second-order valence-electron chi connectivity index (χ2n) is 4.39. The quantitative estimate of drug-likeness (QED) is 0.838. The first kappa shape index (κ1) is 12.4. The van der Waals surface area contributed by atoms with Gasteiger partial charge in [0.1, 0.15) is 18.2 Å². The molecule has 94 valence electrons. The Morgan fingerprint density at radius 1 is 1.06 bits per heavy atom. The van der Waals surface area contributed by atoms with Crippen LogP contribution in [0.1, 0.15) is 16.7 Å². The Morgan fingerprint density at radius 2 is 1.72 bits per heavy atom. The van der Waals surface area contributed by atoms with Crippen molar-refractivity contribution in [2.24, 2.45) is 0 Å². The molecule has 0 saturated heterocycles. The molecule has 0 fully saturated rings. The van der Waals surface area contributed by atoms with E-state index in [0.29, 0.717) is 6.61 Å². The third-order valence-electron chi connectivity index (χ3n) is 2.87. The van der Waals surface area contributed by atoms with Gasteiger partial charge in [0.2, 0.25) is 0 Å². The molecule has 2 rings (SSSR count). The molecule has 0 saturated carbocycles. The number of hydrogen-bond acceptors (Lipinski definition) is 2. The van der Waals surface area contributed by atoms with Gasteiger partial charge in [-0.3, -0.25) is 0 Å². The molecule has 0 heterocycles. The standard InChI is InChI=1S/C15H16FNO/c1-10-7-11(2)15(8-14(10)17)18-9-12-3-5-13(16)6-4-12/h3-8H,9,17H2,1-2H3. The normalized spacial score (nSPS) is 10.4. The maximum absolute atomic E-state index is 12.8. The molecule has 0 aliphatic heterocycles. The lowest BCUT2D eigenvalue weighted by atomic mass is 10.1. The van der Waals surface area contributed by atoms with E-state index in [1.165, 1.54) is 12.1 Å². The van der Waals surface area contributed by atoms with E-state index in [0.717, 1.165) is 28.1 Å². The lowest BCUT2D eigenvalue weighted by Crippen LogP contribution is -1.99. The van der Waals surface area contributed by atoms with Gasteiger partial charge in [-0.1, -0.05) is 18.2 Å². The summed E-state index contributed by atoms with van der Waals surface area (Å²) >= 11 is 0. The summed E-state index contributed by atoms with van der Waals surface area (Å²) in [6.45, 7) is 4.35. The van der Waals surface area contributed by atoms with Gasteiger partial charge in [-0.05, 0) is 42.7 Å². The van der Waals surface area contributed by atoms with E-state index in [1.54, 1.807) is 12.1 Å². The summed E-state index contributed by atoms with van der Waals surface area (Å²) in [5.74, 6) is 0.525. The second kappa shape index (κ2) is 5.08. The van der Waals surface area contributed by atoms with Crippen LogP contribution in [0, 0.1) is 19.7 Å². The van der Waals surface area contributed by atoms with Crippen LogP contribution in [0.4, 0.5) is 10.1 Å². The van der Waals surface area contributed by atoms with Gasteiger partial charge >= 0.3 is 0 Å². The molecule has 2 aromatic rings. The molecular formula is C15H16FNO. The molecule has 0 radical (unpaired) electrons. The van der Waals surface area contributed by atoms with Crippen molar-refractivity contribution < 1.29 is 9.13 Å². The molecule has 18 heavy (non-hydrogen) atoms. The Bertz CT molecular complexity index is 549. The van der Waals surface area contributed by atoms with E-state index in [9.17, 15) is 4.39 Å². The van der Waals surface area contributed by atoms with Gasteiger partial charge in [-0.15, -0.1) is 0 Å². The number of ether oxygens (including phenoxy) is 1. The van der Waals surface area contributed by atoms with Gasteiger partial charge in [0.25, 0.3) is 0 Å². The molecule has 0 aromatic heterocycles. The number of hydrogen-bond donors (Lipinski definition) is 1. The first-order chi connectivity index (χ1) is 8.56. The Morgan fingerprint density at radius 3 is 2.39 bits per heavy atom. The third kappa shape index (κ3) is 2.80. The predicted octanol–water partition coefficient (Wildman–Crippen LogP) is 3.60. The highest BCUT2D eigenvalue weighted by Gasteiger charge is 2.04. The first-order valence-electron chi connectivity index (χ1n) is 5.80. The molecular weight excluding hydrogens is 229 g/mol. The average Bonchev–Trinajstić information content (AvgIpc) is 2.34. The zero-order valence-electron chi connectivity index (χ0n) is 10.5. The number of benzene rings is 2. The minimum Gasteiger partial charge on any atom is -0.489 e. The molecule has 2 nitrogen and oxygen atoms in total. The Labute approximate surface area is 106 Å². The summed E-state index contributed by atoms with van der Waals surface area (Å²) < 4.78 is 18.5. The van der Waals surface area contributed by atoms with Crippen molar-refractivity contribution in [2.75, 3.05) is 5.73 Å². The fraction of sp³-hybridized carbons (Fsp3) is 0.200. The fourth-order valence-corrected chi connectivity index (χ4v) is 1.75. The van der Waals surface area contributed by atoms with Crippen molar-refractivity contribution in [3.05, 3.63) is 58.9 Å². The topological polar surface area (TPSA) is 35.2 Å². The lowest BCUT2D eigenvalue weighted by Gasteiger charge is -2.11. The smallest absolute Gasteiger partial charge is 0.124 e. The molecule has 2 aromatic carbocycles. The highest BCUT2D eigenvalue weighted by Crippen LogP contribution is 2.25. The molecule has 0 aliphatic rings. The van der Waals surface area contributed by atoms with Crippen LogP contribution in [0.3, 0.4) is 0 Å². The van der Waals surface area contributed by atoms with E-state index >= 15 is 0 Å². The van der Waals surface area contributed by atoms with Gasteiger partial charge in [0.15, 0.2) is 0 Å². The zero-order valence-corrected chi connectivity index (χ0v) is 10.5. The molecule has 0 aliphatic carbocycles. The summed E-state index contributed by atoms with van der Waals surface area (Å²) in [4.78, 5) is 0. The number of halogens is 1. The third-order valence-corrected chi connectivity index (χ3v) is 2.87. The van der Waals surface area contributed by atoms with Crippen molar-refractivity contribution in [1.29, 1.82) is 0 Å². The van der Waals surface area contributed by atoms with Gasteiger partial charge in [0.05, 0.1) is 0 Å². The number of anilines is 1. The lowest BCUT2D eigenvalue weighted by molar-refractivity contribution is 0.304. The number of nitrogens with two attached hydrogens (primary N) is 1. The summed E-state index contributed by atoms with van der Waals surface area (Å²) in [5.41, 5.74) is 9.58. The van der Waals surface area contributed by atoms with Crippen LogP contribution in [0.5, 0.6) is 5.75 Å². The highest BCUT2D eigenvalue weighted by molar-refractivity contribution is 5.54. The number of rotatable bonds is 3. The maximum atomic E-state index is 12.8. The molecule has 0 bridgehead atoms. The zero-order chi connectivity index (χ0) is 13.1. The van der Waals surface area contributed by atoms with Crippen molar-refractivity contribution in [1.82, 2.24) is 0 Å². The first-order valence-corrected chi connectivity index (χ1v) is 5.80. The van der Waals surface area contributed by atoms with Gasteiger partial charge in [0, 0.05) is 11.8 Å². The SMILES string of the molecule is Cc1cc(C)c(OCc2ccc(F)cc2)cc1N. The molecule has 0 unspecified atom stereocenters. The van der Waals surface area contributed by atoms with E-state index in [1.807, 2.05) is 26.0 Å². The number of aryl methyl sites for hydroxylation is 2. The van der Waals surface area contributed by atoms with Crippen LogP contribution >= 0.6 is 0 Å². The van der Waals surface area contributed by atoms with E-state index in [2.05, 4.69) is 0 Å². The number of nitrogen functional groups attached to an aromatic ring is 1. The van der Waals surface area contributed by atoms with E-state index < -0.39 is 0 Å². The van der Waals surface area contributed by atoms with Crippen LogP contribution < -0.4 is 10.5 Å². The maximum Gasteiger partial charge on any atom is 0.124 e. The van der Waals surface area contributed by atoms with Crippen molar-refractivity contribution in [3.8, 4) is 5.75 Å². The van der Waals surface area contributed by atoms with E-state index in [-0.39, 0.29) is 5.82 Å². The Hall–Kier alpha value is -2.03. The van der Waals surface area contributed by atoms with Crippen LogP contribution in [-0.4, -0.2) is 0 Å². The molecule has 0 atom stereocenters. The van der Waals surface area contributed by atoms with Gasteiger partial charge in [-0.25, -0.2) is 4.39 Å². The van der Waals surface area contributed by atoms with Crippen LogP contribution in [0.25, 0.3) is 0 Å². The van der Waals surface area contributed by atoms with E-state index in [4.69, 9.17) is 10.5 Å². The summed E-state index contributed by atoms with van der Waals surface area (Å²) in [6, 6.07) is 10.1. The molecule has 2 N–H and O–H groups in total. The average molecular weight is 245 g/mol. The van der Waals surface area contributed by atoms with Crippen molar-refractivity contribution in [2.45, 2.75) is 20.5 Å². The fourth-order valence-electron chi connectivity index (χ4n) is 1.75. The molecule has 0 spiro atoms. The second-order valence-corrected chi connectivity index (χ2v) is 4.39. The van der Waals surface area contributed by atoms with Crippen molar-refractivity contribution in [3.63, 3.8) is 0 Å². The van der Waals surface area contributed by atoms with Crippen LogP contribution in [-0.2, 0) is 6.61 Å². The monoisotopic (exact) mass is 245 g/mol. The van der Waals surface area contributed by atoms with Crippen LogP contribution in [0.2, 0.25) is 0 Å². The molecule has 3 heteroatoms. The predicted molar refractivity (Wildman–Crippen MR) is 71.1 cm³/mol. The minimum absolute atomic E-state index is 0.241.